The monoisotopic (exact) mass is 346 g/mol. The first kappa shape index (κ1) is 16.5. The minimum absolute atomic E-state index is 0.0258. The lowest BCUT2D eigenvalue weighted by Crippen LogP contribution is -2.19. The van der Waals surface area contributed by atoms with Crippen molar-refractivity contribution in [3.8, 4) is 0 Å². The van der Waals surface area contributed by atoms with E-state index in [0.29, 0.717) is 17.7 Å². The number of aliphatic hydroxyl groups excluding tert-OH is 2. The van der Waals surface area contributed by atoms with Crippen LogP contribution in [-0.2, 0) is 4.79 Å². The smallest absolute Gasteiger partial charge is 0.185 e. The van der Waals surface area contributed by atoms with E-state index in [2.05, 4.69) is 12.1 Å². The lowest BCUT2D eigenvalue weighted by molar-refractivity contribution is -0.109. The summed E-state index contributed by atoms with van der Waals surface area (Å²) >= 11 is 2.89. The Morgan fingerprint density at radius 1 is 1.13 bits per heavy atom. The molecule has 2 unspecified atom stereocenters. The summed E-state index contributed by atoms with van der Waals surface area (Å²) in [6, 6.07) is 14.0. The summed E-state index contributed by atoms with van der Waals surface area (Å²) in [6.45, 7) is 1.50. The zero-order chi connectivity index (χ0) is 16.4. The van der Waals surface area contributed by atoms with Gasteiger partial charge < -0.3 is 10.2 Å². The van der Waals surface area contributed by atoms with Gasteiger partial charge in [-0.05, 0) is 30.2 Å². The topological polar surface area (TPSA) is 57.5 Å². The molecular weight excluding hydrogens is 328 g/mol. The number of aliphatic hydroxyl groups is 2. The SMILES string of the molecule is CC(=O)SCCC(O)C(O)c1ccc2sc3ccccc3c2c1. The summed E-state index contributed by atoms with van der Waals surface area (Å²) in [7, 11) is 0. The zero-order valence-electron chi connectivity index (χ0n) is 12.7. The van der Waals surface area contributed by atoms with Gasteiger partial charge >= 0.3 is 0 Å². The molecule has 0 aliphatic rings. The van der Waals surface area contributed by atoms with Crippen molar-refractivity contribution in [2.24, 2.45) is 0 Å². The van der Waals surface area contributed by atoms with Crippen LogP contribution in [0.3, 0.4) is 0 Å². The van der Waals surface area contributed by atoms with Crippen LogP contribution >= 0.6 is 23.1 Å². The molecule has 0 saturated carbocycles. The van der Waals surface area contributed by atoms with Gasteiger partial charge in [-0.15, -0.1) is 11.3 Å². The van der Waals surface area contributed by atoms with Gasteiger partial charge in [0.2, 0.25) is 0 Å². The van der Waals surface area contributed by atoms with Crippen LogP contribution in [0.4, 0.5) is 0 Å². The van der Waals surface area contributed by atoms with Crippen LogP contribution in [0.5, 0.6) is 0 Å². The normalized spacial score (nSPS) is 14.2. The number of fused-ring (bicyclic) bond motifs is 3. The number of benzene rings is 2. The van der Waals surface area contributed by atoms with Crippen LogP contribution in [0.15, 0.2) is 42.5 Å². The summed E-state index contributed by atoms with van der Waals surface area (Å²) in [4.78, 5) is 10.9. The lowest BCUT2D eigenvalue weighted by atomic mass is 10.0. The predicted octanol–water partition coefficient (Wildman–Crippen LogP) is 4.12. The number of thioether (sulfide) groups is 1. The van der Waals surface area contributed by atoms with Crippen molar-refractivity contribution >= 4 is 48.4 Å². The molecule has 1 heterocycles. The molecule has 0 spiro atoms. The Morgan fingerprint density at radius 3 is 2.65 bits per heavy atom. The summed E-state index contributed by atoms with van der Waals surface area (Å²) in [5, 5.41) is 22.8. The van der Waals surface area contributed by atoms with Gasteiger partial charge in [-0.25, -0.2) is 0 Å². The molecule has 0 radical (unpaired) electrons. The fourth-order valence-corrected chi connectivity index (χ4v) is 4.36. The van der Waals surface area contributed by atoms with Crippen molar-refractivity contribution in [3.05, 3.63) is 48.0 Å². The predicted molar refractivity (Wildman–Crippen MR) is 98.1 cm³/mol. The molecule has 3 rings (SSSR count). The average Bonchev–Trinajstić information content (AvgIpc) is 2.91. The Kier molecular flexibility index (Phi) is 5.02. The van der Waals surface area contributed by atoms with Crippen molar-refractivity contribution in [1.82, 2.24) is 0 Å². The van der Waals surface area contributed by atoms with Crippen molar-refractivity contribution in [1.29, 1.82) is 0 Å². The maximum atomic E-state index is 10.9. The van der Waals surface area contributed by atoms with Crippen LogP contribution in [0.1, 0.15) is 25.0 Å². The van der Waals surface area contributed by atoms with E-state index in [9.17, 15) is 15.0 Å². The minimum Gasteiger partial charge on any atom is -0.390 e. The number of carbonyl (C=O) groups excluding carboxylic acids is 1. The van der Waals surface area contributed by atoms with E-state index < -0.39 is 12.2 Å². The van der Waals surface area contributed by atoms with Crippen LogP contribution in [0.2, 0.25) is 0 Å². The van der Waals surface area contributed by atoms with E-state index in [1.54, 1.807) is 11.3 Å². The zero-order valence-corrected chi connectivity index (χ0v) is 14.4. The molecule has 2 aromatic carbocycles. The first-order chi connectivity index (χ1) is 11.1. The van der Waals surface area contributed by atoms with Crippen LogP contribution < -0.4 is 0 Å². The highest BCUT2D eigenvalue weighted by molar-refractivity contribution is 8.13. The molecule has 2 atom stereocenters. The first-order valence-corrected chi connectivity index (χ1v) is 9.27. The van der Waals surface area contributed by atoms with Crippen molar-refractivity contribution in [2.75, 3.05) is 5.75 Å². The van der Waals surface area contributed by atoms with Gasteiger partial charge in [-0.2, -0.15) is 0 Å². The number of rotatable bonds is 5. The standard InChI is InChI=1S/C18H18O3S2/c1-11(19)22-9-8-15(20)18(21)12-6-7-17-14(10-12)13-4-2-3-5-16(13)23-17/h2-7,10,15,18,20-21H,8-9H2,1H3. The Morgan fingerprint density at radius 2 is 1.87 bits per heavy atom. The molecule has 3 aromatic rings. The molecule has 2 N–H and O–H groups in total. The highest BCUT2D eigenvalue weighted by Gasteiger charge is 2.19. The van der Waals surface area contributed by atoms with Gasteiger partial charge in [0.25, 0.3) is 0 Å². The second-order valence-corrected chi connectivity index (χ2v) is 7.85. The number of hydrogen-bond donors (Lipinski definition) is 2. The average molecular weight is 346 g/mol. The molecule has 23 heavy (non-hydrogen) atoms. The summed E-state index contributed by atoms with van der Waals surface area (Å²) < 4.78 is 2.39. The third kappa shape index (κ3) is 3.58. The first-order valence-electron chi connectivity index (χ1n) is 7.47. The number of carbonyl (C=O) groups is 1. The van der Waals surface area contributed by atoms with E-state index in [1.165, 1.54) is 33.5 Å². The molecule has 0 aliphatic carbocycles. The molecule has 0 fully saturated rings. The molecule has 0 saturated heterocycles. The minimum atomic E-state index is -0.939. The highest BCUT2D eigenvalue weighted by Crippen LogP contribution is 2.35. The van der Waals surface area contributed by atoms with E-state index in [-0.39, 0.29) is 5.12 Å². The molecule has 1 aromatic heterocycles. The van der Waals surface area contributed by atoms with E-state index in [0.717, 1.165) is 5.39 Å². The van der Waals surface area contributed by atoms with E-state index in [1.807, 2.05) is 30.3 Å². The van der Waals surface area contributed by atoms with Crippen LogP contribution in [-0.4, -0.2) is 27.2 Å². The third-order valence-corrected chi connectivity index (χ3v) is 5.82. The fraction of sp³-hybridized carbons (Fsp3) is 0.278. The maximum Gasteiger partial charge on any atom is 0.185 e. The third-order valence-electron chi connectivity index (χ3n) is 3.83. The number of thiophene rings is 1. The molecule has 0 aliphatic heterocycles. The van der Waals surface area contributed by atoms with E-state index >= 15 is 0 Å². The summed E-state index contributed by atoms with van der Waals surface area (Å²) in [5.41, 5.74) is 0.710. The van der Waals surface area contributed by atoms with Gasteiger partial charge in [0.05, 0.1) is 6.10 Å². The van der Waals surface area contributed by atoms with Gasteiger partial charge in [0.15, 0.2) is 5.12 Å². The molecule has 5 heteroatoms. The molecule has 3 nitrogen and oxygen atoms in total. The van der Waals surface area contributed by atoms with Gasteiger partial charge in [-0.3, -0.25) is 4.79 Å². The highest BCUT2D eigenvalue weighted by atomic mass is 32.2. The Labute approximate surface area is 142 Å². The number of hydrogen-bond acceptors (Lipinski definition) is 5. The second kappa shape index (κ2) is 7.01. The second-order valence-electron chi connectivity index (χ2n) is 5.49. The summed E-state index contributed by atoms with van der Waals surface area (Å²) in [6.07, 6.45) is -1.43. The maximum absolute atomic E-state index is 10.9. The van der Waals surface area contributed by atoms with Crippen LogP contribution in [0, 0.1) is 0 Å². The van der Waals surface area contributed by atoms with Crippen molar-refractivity contribution in [2.45, 2.75) is 25.6 Å². The van der Waals surface area contributed by atoms with Crippen molar-refractivity contribution < 1.29 is 15.0 Å². The Hall–Kier alpha value is -1.40. The lowest BCUT2D eigenvalue weighted by Gasteiger charge is -2.18. The largest absolute Gasteiger partial charge is 0.390 e. The molecule has 0 amide bonds. The molecular formula is C18H18O3S2. The quantitative estimate of drug-likeness (QED) is 0.730. The Bertz CT molecular complexity index is 841. The van der Waals surface area contributed by atoms with Gasteiger partial charge in [0.1, 0.15) is 6.10 Å². The Balaban J connectivity index is 1.84. The fourth-order valence-electron chi connectivity index (χ4n) is 2.63. The van der Waals surface area contributed by atoms with Gasteiger partial charge in [-0.1, -0.05) is 36.0 Å². The van der Waals surface area contributed by atoms with Crippen molar-refractivity contribution in [3.63, 3.8) is 0 Å². The van der Waals surface area contributed by atoms with Gasteiger partial charge in [0, 0.05) is 32.8 Å². The van der Waals surface area contributed by atoms with E-state index in [4.69, 9.17) is 0 Å². The molecule has 0 bridgehead atoms. The summed E-state index contributed by atoms with van der Waals surface area (Å²) in [5.74, 6) is 0.511. The molecule has 120 valence electrons. The van der Waals surface area contributed by atoms with Crippen LogP contribution in [0.25, 0.3) is 20.2 Å².